The average molecular weight is 464 g/mol. The number of amides is 3. The van der Waals surface area contributed by atoms with Gasteiger partial charge in [-0.1, -0.05) is 36.4 Å². The summed E-state index contributed by atoms with van der Waals surface area (Å²) in [5.74, 6) is 1.55. The summed E-state index contributed by atoms with van der Waals surface area (Å²) in [4.78, 5) is 28.4. The van der Waals surface area contributed by atoms with Gasteiger partial charge in [0.1, 0.15) is 11.9 Å². The lowest BCUT2D eigenvalue weighted by Gasteiger charge is -2.33. The predicted octanol–water partition coefficient (Wildman–Crippen LogP) is 3.86. The van der Waals surface area contributed by atoms with E-state index in [2.05, 4.69) is 6.07 Å². The number of piperidine rings is 1. The number of benzene rings is 2. The van der Waals surface area contributed by atoms with Crippen molar-refractivity contribution in [2.24, 2.45) is 11.7 Å². The van der Waals surface area contributed by atoms with E-state index in [9.17, 15) is 9.59 Å². The molecular weight excluding hydrogens is 430 g/mol. The molecule has 2 aromatic carbocycles. The largest absolute Gasteiger partial charge is 0.490 e. The quantitative estimate of drug-likeness (QED) is 0.730. The van der Waals surface area contributed by atoms with Crippen molar-refractivity contribution in [1.29, 1.82) is 0 Å². The highest BCUT2D eigenvalue weighted by Crippen LogP contribution is 2.38. The molecule has 0 saturated carbocycles. The molecule has 0 aromatic heterocycles. The van der Waals surface area contributed by atoms with Crippen LogP contribution in [-0.2, 0) is 16.1 Å². The molecule has 1 unspecified atom stereocenters. The Labute approximate surface area is 200 Å². The molecule has 0 bridgehead atoms. The third kappa shape index (κ3) is 4.89. The number of fused-ring (bicyclic) bond motifs is 1. The van der Waals surface area contributed by atoms with E-state index in [1.54, 1.807) is 4.90 Å². The number of nitrogens with zero attached hydrogens (tertiary/aromatic N) is 2. The van der Waals surface area contributed by atoms with Crippen LogP contribution in [0.4, 0.5) is 4.79 Å². The number of carbonyl (C=O) groups excluding carboxylic acids is 2. The molecule has 0 radical (unpaired) electrons. The number of nitrogens with two attached hydrogens (primary N) is 1. The van der Waals surface area contributed by atoms with E-state index in [1.165, 1.54) is 0 Å². The van der Waals surface area contributed by atoms with Crippen molar-refractivity contribution in [2.45, 2.75) is 50.8 Å². The summed E-state index contributed by atoms with van der Waals surface area (Å²) < 4.78 is 11.6. The molecule has 1 atom stereocenters. The lowest BCUT2D eigenvalue weighted by atomic mass is 9.95. The van der Waals surface area contributed by atoms with Gasteiger partial charge in [0, 0.05) is 52.1 Å². The maximum Gasteiger partial charge on any atom is 0.315 e. The number of hydrogen-bond donors (Lipinski definition) is 1. The first-order valence-corrected chi connectivity index (χ1v) is 12.3. The molecule has 180 valence electrons. The number of ether oxygens (including phenoxy) is 2. The number of likely N-dealkylation sites (tertiary alicyclic amines) is 1. The minimum atomic E-state index is -0.417. The highest BCUT2D eigenvalue weighted by Gasteiger charge is 2.33. The summed E-state index contributed by atoms with van der Waals surface area (Å²) >= 11 is 0. The van der Waals surface area contributed by atoms with Gasteiger partial charge in [-0.25, -0.2) is 4.79 Å². The van der Waals surface area contributed by atoms with Crippen molar-refractivity contribution in [3.05, 3.63) is 65.2 Å². The summed E-state index contributed by atoms with van der Waals surface area (Å²) in [7, 11) is 0. The molecule has 0 aliphatic carbocycles. The van der Waals surface area contributed by atoms with E-state index in [4.69, 9.17) is 15.2 Å². The zero-order valence-corrected chi connectivity index (χ0v) is 19.5. The molecule has 3 amide bonds. The highest BCUT2D eigenvalue weighted by atomic mass is 16.5. The fraction of sp³-hybridized carbons (Fsp3) is 0.481. The number of carbonyl (C=O) groups is 2. The summed E-state index contributed by atoms with van der Waals surface area (Å²) in [5, 5.41) is 0. The number of primary amides is 1. The molecule has 0 spiro atoms. The Bertz CT molecular complexity index is 1010. The summed E-state index contributed by atoms with van der Waals surface area (Å²) in [6.07, 6.45) is 4.41. The Hall–Kier alpha value is -3.06. The fourth-order valence-electron chi connectivity index (χ4n) is 5.42. The van der Waals surface area contributed by atoms with Crippen molar-refractivity contribution < 1.29 is 19.1 Å². The Morgan fingerprint density at radius 3 is 2.38 bits per heavy atom. The molecule has 7 nitrogen and oxygen atoms in total. The van der Waals surface area contributed by atoms with Crippen LogP contribution in [0.15, 0.2) is 48.5 Å². The van der Waals surface area contributed by atoms with Crippen molar-refractivity contribution in [3.63, 3.8) is 0 Å². The number of urea groups is 1. The molecule has 7 heteroatoms. The molecule has 34 heavy (non-hydrogen) atoms. The third-order valence-corrected chi connectivity index (χ3v) is 7.38. The molecule has 3 aliphatic heterocycles. The van der Waals surface area contributed by atoms with Crippen LogP contribution < -0.4 is 10.5 Å². The Morgan fingerprint density at radius 2 is 1.68 bits per heavy atom. The molecular formula is C27H33N3O4. The second-order valence-corrected chi connectivity index (χ2v) is 9.59. The van der Waals surface area contributed by atoms with Gasteiger partial charge < -0.3 is 25.0 Å². The molecule has 5 rings (SSSR count). The maximum atomic E-state index is 12.7. The molecule has 3 heterocycles. The third-order valence-electron chi connectivity index (χ3n) is 7.38. The zero-order valence-electron chi connectivity index (χ0n) is 19.5. The van der Waals surface area contributed by atoms with Gasteiger partial charge in [-0.15, -0.1) is 0 Å². The van der Waals surface area contributed by atoms with Crippen LogP contribution in [0.5, 0.6) is 5.75 Å². The SMILES string of the molecule is NC(=O)N1Cc2ccccc2C1c1ccc(OC2CCN(C(=O)CC3CCOCC3)CC2)cc1. The van der Waals surface area contributed by atoms with Gasteiger partial charge in [0.2, 0.25) is 5.91 Å². The smallest absolute Gasteiger partial charge is 0.315 e. The fourth-order valence-corrected chi connectivity index (χ4v) is 5.42. The molecule has 2 fully saturated rings. The van der Waals surface area contributed by atoms with Crippen LogP contribution in [0.25, 0.3) is 0 Å². The predicted molar refractivity (Wildman–Crippen MR) is 128 cm³/mol. The highest BCUT2D eigenvalue weighted by molar-refractivity contribution is 5.76. The molecule has 2 aromatic rings. The lowest BCUT2D eigenvalue weighted by molar-refractivity contribution is -0.134. The topological polar surface area (TPSA) is 85.1 Å². The van der Waals surface area contributed by atoms with Crippen molar-refractivity contribution in [2.75, 3.05) is 26.3 Å². The standard InChI is InChI=1S/C27H33N3O4/c28-27(32)30-18-21-3-1-2-4-24(21)26(30)20-5-7-22(8-6-20)34-23-9-13-29(14-10-23)25(31)17-19-11-15-33-16-12-19/h1-8,19,23,26H,9-18H2,(H2,28,32). The van der Waals surface area contributed by atoms with Crippen LogP contribution in [0.3, 0.4) is 0 Å². The average Bonchev–Trinajstić information content (AvgIpc) is 3.26. The van der Waals surface area contributed by atoms with Crippen LogP contribution in [0.1, 0.15) is 54.8 Å². The minimum absolute atomic E-state index is 0.104. The van der Waals surface area contributed by atoms with Crippen LogP contribution in [0, 0.1) is 5.92 Å². The number of hydrogen-bond acceptors (Lipinski definition) is 4. The number of rotatable bonds is 5. The second kappa shape index (κ2) is 10.1. The van der Waals surface area contributed by atoms with Crippen LogP contribution in [0.2, 0.25) is 0 Å². The van der Waals surface area contributed by atoms with Gasteiger partial charge in [-0.2, -0.15) is 0 Å². The Morgan fingerprint density at radius 1 is 0.971 bits per heavy atom. The first-order valence-electron chi connectivity index (χ1n) is 12.3. The maximum absolute atomic E-state index is 12.7. The first kappa shape index (κ1) is 22.7. The molecule has 3 aliphatic rings. The van der Waals surface area contributed by atoms with E-state index >= 15 is 0 Å². The normalized spacial score (nSPS) is 21.4. The second-order valence-electron chi connectivity index (χ2n) is 9.59. The van der Waals surface area contributed by atoms with E-state index < -0.39 is 6.03 Å². The van der Waals surface area contributed by atoms with Crippen molar-refractivity contribution >= 4 is 11.9 Å². The summed E-state index contributed by atoms with van der Waals surface area (Å²) in [6.45, 7) is 3.58. The molecule has 2 N–H and O–H groups in total. The van der Waals surface area contributed by atoms with E-state index in [0.29, 0.717) is 18.9 Å². The van der Waals surface area contributed by atoms with Crippen molar-refractivity contribution in [1.82, 2.24) is 9.80 Å². The van der Waals surface area contributed by atoms with Gasteiger partial charge in [0.25, 0.3) is 0 Å². The van der Waals surface area contributed by atoms with E-state index in [0.717, 1.165) is 74.4 Å². The minimum Gasteiger partial charge on any atom is -0.490 e. The molecule has 2 saturated heterocycles. The lowest BCUT2D eigenvalue weighted by Crippen LogP contribution is -2.42. The summed E-state index contributed by atoms with van der Waals surface area (Å²) in [6, 6.07) is 15.5. The van der Waals surface area contributed by atoms with Crippen LogP contribution in [-0.4, -0.2) is 54.1 Å². The monoisotopic (exact) mass is 463 g/mol. The van der Waals surface area contributed by atoms with Gasteiger partial charge in [0.15, 0.2) is 0 Å². The van der Waals surface area contributed by atoms with Gasteiger partial charge in [0.05, 0.1) is 6.04 Å². The van der Waals surface area contributed by atoms with Crippen molar-refractivity contribution in [3.8, 4) is 5.75 Å². The summed E-state index contributed by atoms with van der Waals surface area (Å²) in [5.41, 5.74) is 8.94. The van der Waals surface area contributed by atoms with Gasteiger partial charge in [-0.3, -0.25) is 4.79 Å². The van der Waals surface area contributed by atoms with E-state index in [-0.39, 0.29) is 18.1 Å². The first-order chi connectivity index (χ1) is 16.6. The van der Waals surface area contributed by atoms with Gasteiger partial charge >= 0.3 is 6.03 Å². The Balaban J connectivity index is 1.16. The Kier molecular flexibility index (Phi) is 6.72. The van der Waals surface area contributed by atoms with Gasteiger partial charge in [-0.05, 0) is 47.6 Å². The zero-order chi connectivity index (χ0) is 23.5. The van der Waals surface area contributed by atoms with Crippen LogP contribution >= 0.6 is 0 Å². The van der Waals surface area contributed by atoms with E-state index in [1.807, 2.05) is 47.4 Å².